The minimum Gasteiger partial charge on any atom is -0.463 e. The molecule has 2 aromatic carbocycles. The molecule has 1 heterocycles. The van der Waals surface area contributed by atoms with Crippen LogP contribution in [-0.4, -0.2) is 12.5 Å². The number of rotatable bonds is 3. The summed E-state index contributed by atoms with van der Waals surface area (Å²) in [6.45, 7) is 3.17. The number of hydrogen-bond acceptors (Lipinski definition) is 4. The maximum absolute atomic E-state index is 11.4. The van der Waals surface area contributed by atoms with Crippen LogP contribution < -0.4 is 15.4 Å². The summed E-state index contributed by atoms with van der Waals surface area (Å²) in [5.41, 5.74) is 9.94. The molecule has 1 unspecified atom stereocenters. The lowest BCUT2D eigenvalue weighted by Gasteiger charge is -2.36. The largest absolute Gasteiger partial charge is 0.463 e. The van der Waals surface area contributed by atoms with E-state index in [0.717, 1.165) is 28.8 Å². The van der Waals surface area contributed by atoms with E-state index in [1.807, 2.05) is 48.2 Å². The van der Waals surface area contributed by atoms with Crippen molar-refractivity contribution in [2.45, 2.75) is 26.2 Å². The summed E-state index contributed by atoms with van der Waals surface area (Å²) in [4.78, 5) is 13.3. The van der Waals surface area contributed by atoms with Gasteiger partial charge in [-0.15, -0.1) is 0 Å². The molecule has 4 heteroatoms. The van der Waals surface area contributed by atoms with Gasteiger partial charge in [-0.25, -0.2) is 0 Å². The molecular weight excluding hydrogens is 264 g/mol. The Morgan fingerprint density at radius 2 is 2.19 bits per heavy atom. The molecule has 0 amide bonds. The molecule has 1 aliphatic heterocycles. The number of hydrogen-bond donors (Lipinski definition) is 1. The van der Waals surface area contributed by atoms with Gasteiger partial charge in [0.2, 0.25) is 6.23 Å². The highest BCUT2D eigenvalue weighted by Crippen LogP contribution is 2.31. The Morgan fingerprint density at radius 3 is 2.95 bits per heavy atom. The Balaban J connectivity index is 1.99. The predicted octanol–water partition coefficient (Wildman–Crippen LogP) is 2.38. The van der Waals surface area contributed by atoms with Crippen LogP contribution >= 0.6 is 0 Å². The number of benzene rings is 2. The smallest absolute Gasteiger partial charge is 0.229 e. The maximum Gasteiger partial charge on any atom is 0.229 e. The fourth-order valence-electron chi connectivity index (χ4n) is 2.62. The molecule has 2 N–H and O–H groups in total. The summed E-state index contributed by atoms with van der Waals surface area (Å²) >= 11 is 0. The van der Waals surface area contributed by atoms with Gasteiger partial charge in [0, 0.05) is 17.8 Å². The molecule has 0 aromatic heterocycles. The fraction of sp³-hybridized carbons (Fsp3) is 0.235. The van der Waals surface area contributed by atoms with Crippen LogP contribution in [0.25, 0.3) is 0 Å². The highest BCUT2D eigenvalue weighted by molar-refractivity contribution is 5.67. The minimum absolute atomic E-state index is 0.476. The number of nitrogens with two attached hydrogens (primary N) is 1. The first-order valence-electron chi connectivity index (χ1n) is 6.98. The summed E-state index contributed by atoms with van der Waals surface area (Å²) < 4.78 is 5.80. The average molecular weight is 282 g/mol. The lowest BCUT2D eigenvalue weighted by molar-refractivity contribution is -0.114. The van der Waals surface area contributed by atoms with Crippen molar-refractivity contribution in [1.29, 1.82) is 0 Å². The Bertz CT molecular complexity index is 670. The lowest BCUT2D eigenvalue weighted by Crippen LogP contribution is -2.43. The fourth-order valence-corrected chi connectivity index (χ4v) is 2.62. The van der Waals surface area contributed by atoms with E-state index in [1.165, 1.54) is 5.56 Å². The standard InChI is InChI=1S/C17H18N2O2/c1-12-5-6-16-14(7-12)10-19(17(11-20)21-16)15-4-2-3-13(8-15)9-18/h2-8,11,17H,9-10,18H2,1H3. The molecule has 4 nitrogen and oxygen atoms in total. The van der Waals surface area contributed by atoms with Gasteiger partial charge >= 0.3 is 0 Å². The molecule has 108 valence electrons. The van der Waals surface area contributed by atoms with Gasteiger partial charge in [-0.2, -0.15) is 0 Å². The molecule has 1 aliphatic rings. The topological polar surface area (TPSA) is 55.6 Å². The SMILES string of the molecule is Cc1ccc2c(c1)CN(c1cccc(CN)c1)C(C=O)O2. The second-order valence-electron chi connectivity index (χ2n) is 5.26. The van der Waals surface area contributed by atoms with E-state index in [4.69, 9.17) is 10.5 Å². The molecule has 0 spiro atoms. The molecule has 1 atom stereocenters. The Labute approximate surface area is 124 Å². The third-order valence-corrected chi connectivity index (χ3v) is 3.71. The van der Waals surface area contributed by atoms with Crippen LogP contribution in [-0.2, 0) is 17.9 Å². The first kappa shape index (κ1) is 13.6. The van der Waals surface area contributed by atoms with Gasteiger partial charge in [0.25, 0.3) is 0 Å². The Hall–Kier alpha value is -2.33. The summed E-state index contributed by atoms with van der Waals surface area (Å²) in [5, 5.41) is 0. The number of ether oxygens (including phenoxy) is 1. The number of carbonyl (C=O) groups excluding carboxylic acids is 1. The summed E-state index contributed by atoms with van der Waals surface area (Å²) in [7, 11) is 0. The summed E-state index contributed by atoms with van der Waals surface area (Å²) in [6.07, 6.45) is 0.228. The second-order valence-corrected chi connectivity index (χ2v) is 5.26. The molecule has 2 aromatic rings. The lowest BCUT2D eigenvalue weighted by atomic mass is 10.1. The van der Waals surface area contributed by atoms with Crippen LogP contribution in [0, 0.1) is 6.92 Å². The molecular formula is C17H18N2O2. The zero-order valence-corrected chi connectivity index (χ0v) is 12.0. The highest BCUT2D eigenvalue weighted by Gasteiger charge is 2.27. The van der Waals surface area contributed by atoms with Gasteiger partial charge in [0.1, 0.15) is 5.75 Å². The van der Waals surface area contributed by atoms with Gasteiger partial charge < -0.3 is 15.4 Å². The second kappa shape index (κ2) is 5.58. The van der Waals surface area contributed by atoms with E-state index in [1.54, 1.807) is 0 Å². The third kappa shape index (κ3) is 2.62. The third-order valence-electron chi connectivity index (χ3n) is 3.71. The Morgan fingerprint density at radius 1 is 1.33 bits per heavy atom. The van der Waals surface area contributed by atoms with Gasteiger partial charge in [0.05, 0.1) is 6.54 Å². The molecule has 0 fully saturated rings. The van der Waals surface area contributed by atoms with Crippen LogP contribution in [0.5, 0.6) is 5.75 Å². The number of carbonyl (C=O) groups is 1. The van der Waals surface area contributed by atoms with Gasteiger partial charge in [-0.3, -0.25) is 4.79 Å². The van der Waals surface area contributed by atoms with E-state index in [-0.39, 0.29) is 0 Å². The summed E-state index contributed by atoms with van der Waals surface area (Å²) in [5.74, 6) is 0.781. The minimum atomic E-state index is -0.603. The zero-order chi connectivity index (χ0) is 14.8. The van der Waals surface area contributed by atoms with Crippen molar-refractivity contribution < 1.29 is 9.53 Å². The van der Waals surface area contributed by atoms with E-state index < -0.39 is 6.23 Å². The van der Waals surface area contributed by atoms with Crippen LogP contribution in [0.3, 0.4) is 0 Å². The molecule has 0 saturated carbocycles. The van der Waals surface area contributed by atoms with Crippen molar-refractivity contribution in [2.75, 3.05) is 4.90 Å². The molecule has 3 rings (SSSR count). The van der Waals surface area contributed by atoms with Crippen LogP contribution in [0.4, 0.5) is 5.69 Å². The van der Waals surface area contributed by atoms with Crippen molar-refractivity contribution in [2.24, 2.45) is 5.73 Å². The number of anilines is 1. The number of fused-ring (bicyclic) bond motifs is 1. The maximum atomic E-state index is 11.4. The summed E-state index contributed by atoms with van der Waals surface area (Å²) in [6, 6.07) is 13.9. The predicted molar refractivity (Wildman–Crippen MR) is 82.2 cm³/mol. The number of nitrogens with zero attached hydrogens (tertiary/aromatic N) is 1. The molecule has 0 aliphatic carbocycles. The zero-order valence-electron chi connectivity index (χ0n) is 12.0. The number of aryl methyl sites for hydroxylation is 1. The van der Waals surface area contributed by atoms with Crippen molar-refractivity contribution in [3.8, 4) is 5.75 Å². The average Bonchev–Trinajstić information content (AvgIpc) is 2.53. The first-order chi connectivity index (χ1) is 10.2. The molecule has 21 heavy (non-hydrogen) atoms. The van der Waals surface area contributed by atoms with Crippen molar-refractivity contribution in [1.82, 2.24) is 0 Å². The van der Waals surface area contributed by atoms with Crippen molar-refractivity contribution >= 4 is 12.0 Å². The van der Waals surface area contributed by atoms with E-state index in [2.05, 4.69) is 6.07 Å². The molecule has 0 radical (unpaired) electrons. The van der Waals surface area contributed by atoms with Gasteiger partial charge in [-0.05, 0) is 30.7 Å². The van der Waals surface area contributed by atoms with E-state index in [0.29, 0.717) is 13.1 Å². The van der Waals surface area contributed by atoms with Crippen LogP contribution in [0.15, 0.2) is 42.5 Å². The van der Waals surface area contributed by atoms with Crippen LogP contribution in [0.2, 0.25) is 0 Å². The number of aldehydes is 1. The molecule has 0 saturated heterocycles. The highest BCUT2D eigenvalue weighted by atomic mass is 16.5. The monoisotopic (exact) mass is 282 g/mol. The van der Waals surface area contributed by atoms with Crippen molar-refractivity contribution in [3.05, 3.63) is 59.2 Å². The quantitative estimate of drug-likeness (QED) is 0.878. The van der Waals surface area contributed by atoms with Gasteiger partial charge in [-0.1, -0.05) is 29.8 Å². The normalized spacial score (nSPS) is 17.0. The van der Waals surface area contributed by atoms with E-state index >= 15 is 0 Å². The van der Waals surface area contributed by atoms with Crippen molar-refractivity contribution in [3.63, 3.8) is 0 Å². The van der Waals surface area contributed by atoms with Crippen LogP contribution in [0.1, 0.15) is 16.7 Å². The van der Waals surface area contributed by atoms with Gasteiger partial charge in [0.15, 0.2) is 6.29 Å². The molecule has 0 bridgehead atoms. The van der Waals surface area contributed by atoms with E-state index in [9.17, 15) is 4.79 Å². The first-order valence-corrected chi connectivity index (χ1v) is 6.98. The Kier molecular flexibility index (Phi) is 3.62.